The molecule has 0 amide bonds. The molecule has 3 heteroatoms. The zero-order chi connectivity index (χ0) is 12.0. The minimum atomic E-state index is -0.204. The quantitative estimate of drug-likeness (QED) is 0.532. The summed E-state index contributed by atoms with van der Waals surface area (Å²) in [4.78, 5) is 22.9. The Morgan fingerprint density at radius 3 is 2.88 bits per heavy atom. The zero-order valence-electron chi connectivity index (χ0n) is 10.1. The molecule has 0 N–H and O–H groups in total. The molecule has 1 aliphatic rings. The molecule has 0 aromatic heterocycles. The van der Waals surface area contributed by atoms with Crippen LogP contribution in [-0.2, 0) is 14.3 Å². The summed E-state index contributed by atoms with van der Waals surface area (Å²) in [6.45, 7) is 2.07. The van der Waals surface area contributed by atoms with E-state index in [-0.39, 0.29) is 17.8 Å². The van der Waals surface area contributed by atoms with Crippen molar-refractivity contribution in [1.82, 2.24) is 0 Å². The smallest absolute Gasteiger partial charge is 0.305 e. The monoisotopic (exact) mass is 224 g/mol. The van der Waals surface area contributed by atoms with Crippen molar-refractivity contribution in [3.8, 4) is 0 Å². The summed E-state index contributed by atoms with van der Waals surface area (Å²) in [5.74, 6) is 0.308. The number of carbonyl (C=O) groups excluding carboxylic acids is 2. The Kier molecular flexibility index (Phi) is 5.23. The van der Waals surface area contributed by atoms with Gasteiger partial charge in [0.1, 0.15) is 5.78 Å². The van der Waals surface area contributed by atoms with Crippen molar-refractivity contribution in [1.29, 1.82) is 0 Å². The van der Waals surface area contributed by atoms with Gasteiger partial charge in [-0.2, -0.15) is 0 Å². The molecule has 0 aliphatic heterocycles. The highest BCUT2D eigenvalue weighted by molar-refractivity contribution is 5.84. The van der Waals surface area contributed by atoms with Gasteiger partial charge in [-0.15, -0.1) is 0 Å². The van der Waals surface area contributed by atoms with Crippen LogP contribution in [0.2, 0.25) is 0 Å². The predicted octanol–water partition coefficient (Wildman–Crippen LogP) is 2.50. The first-order valence-corrected chi connectivity index (χ1v) is 5.93. The van der Waals surface area contributed by atoms with E-state index < -0.39 is 0 Å². The van der Waals surface area contributed by atoms with E-state index in [1.54, 1.807) is 0 Å². The Hall–Kier alpha value is -1.12. The Balaban J connectivity index is 2.52. The van der Waals surface area contributed by atoms with Crippen LogP contribution in [-0.4, -0.2) is 18.9 Å². The maximum atomic E-state index is 11.7. The van der Waals surface area contributed by atoms with Crippen LogP contribution in [0, 0.1) is 11.8 Å². The molecule has 1 rings (SSSR count). The first-order valence-electron chi connectivity index (χ1n) is 5.93. The molecule has 1 saturated carbocycles. The third-order valence-electron chi connectivity index (χ3n) is 3.19. The van der Waals surface area contributed by atoms with Crippen molar-refractivity contribution in [2.45, 2.75) is 39.0 Å². The summed E-state index contributed by atoms with van der Waals surface area (Å²) in [5.41, 5.74) is 0. The molecule has 0 bridgehead atoms. The average molecular weight is 224 g/mol. The lowest BCUT2D eigenvalue weighted by atomic mass is 9.89. The minimum Gasteiger partial charge on any atom is -0.469 e. The standard InChI is InChI=1S/C13H20O3/c1-3-4-5-6-11-10(7-8-12(11)14)9-13(15)16-2/h4-5,10-11H,3,6-9H2,1-2H3/b5-4-/t10?,11-/m1/s1. The largest absolute Gasteiger partial charge is 0.469 e. The van der Waals surface area contributed by atoms with Crippen molar-refractivity contribution >= 4 is 11.8 Å². The maximum absolute atomic E-state index is 11.7. The van der Waals surface area contributed by atoms with Crippen molar-refractivity contribution in [2.24, 2.45) is 11.8 Å². The Morgan fingerprint density at radius 1 is 1.50 bits per heavy atom. The molecule has 1 fully saturated rings. The number of hydrogen-bond donors (Lipinski definition) is 0. The van der Waals surface area contributed by atoms with Crippen molar-refractivity contribution in [3.63, 3.8) is 0 Å². The molecule has 0 aromatic carbocycles. The van der Waals surface area contributed by atoms with Crippen molar-refractivity contribution < 1.29 is 14.3 Å². The minimum absolute atomic E-state index is 0.0295. The fraction of sp³-hybridized carbons (Fsp3) is 0.692. The number of Topliss-reactive ketones (excluding diaryl/α,β-unsaturated/α-hetero) is 1. The van der Waals surface area contributed by atoms with Crippen molar-refractivity contribution in [3.05, 3.63) is 12.2 Å². The maximum Gasteiger partial charge on any atom is 0.305 e. The summed E-state index contributed by atoms with van der Waals surface area (Å²) < 4.78 is 4.65. The predicted molar refractivity (Wildman–Crippen MR) is 61.9 cm³/mol. The first-order chi connectivity index (χ1) is 7.69. The normalized spacial score (nSPS) is 25.2. The van der Waals surface area contributed by atoms with Crippen LogP contribution in [0.4, 0.5) is 0 Å². The van der Waals surface area contributed by atoms with Crippen LogP contribution < -0.4 is 0 Å². The summed E-state index contributed by atoms with van der Waals surface area (Å²) in [5, 5.41) is 0. The molecule has 0 heterocycles. The second-order valence-corrected chi connectivity index (χ2v) is 4.27. The molecule has 0 spiro atoms. The molecule has 3 nitrogen and oxygen atoms in total. The summed E-state index contributed by atoms with van der Waals surface area (Å²) in [6.07, 6.45) is 7.72. The van der Waals surface area contributed by atoms with Gasteiger partial charge < -0.3 is 4.74 Å². The van der Waals surface area contributed by atoms with Crippen LogP contribution in [0.5, 0.6) is 0 Å². The van der Waals surface area contributed by atoms with E-state index in [0.29, 0.717) is 18.6 Å². The van der Waals surface area contributed by atoms with E-state index in [0.717, 1.165) is 19.3 Å². The number of esters is 1. The molecule has 0 saturated heterocycles. The molecule has 1 unspecified atom stereocenters. The highest BCUT2D eigenvalue weighted by Gasteiger charge is 2.34. The van der Waals surface area contributed by atoms with E-state index in [1.807, 2.05) is 0 Å². The lowest BCUT2D eigenvalue weighted by Crippen LogP contribution is -2.18. The topological polar surface area (TPSA) is 43.4 Å². The number of carbonyl (C=O) groups is 2. The highest BCUT2D eigenvalue weighted by Crippen LogP contribution is 2.34. The number of rotatable bonds is 5. The van der Waals surface area contributed by atoms with Gasteiger partial charge in [-0.25, -0.2) is 0 Å². The van der Waals surface area contributed by atoms with E-state index in [2.05, 4.69) is 23.8 Å². The van der Waals surface area contributed by atoms with Crippen LogP contribution in [0.3, 0.4) is 0 Å². The average Bonchev–Trinajstić information content (AvgIpc) is 2.61. The van der Waals surface area contributed by atoms with Gasteiger partial charge >= 0.3 is 5.97 Å². The zero-order valence-corrected chi connectivity index (χ0v) is 10.1. The third-order valence-corrected chi connectivity index (χ3v) is 3.19. The van der Waals surface area contributed by atoms with E-state index >= 15 is 0 Å². The fourth-order valence-corrected chi connectivity index (χ4v) is 2.25. The van der Waals surface area contributed by atoms with Gasteiger partial charge in [-0.05, 0) is 25.2 Å². The van der Waals surface area contributed by atoms with Crippen LogP contribution in [0.1, 0.15) is 39.0 Å². The van der Waals surface area contributed by atoms with E-state index in [4.69, 9.17) is 0 Å². The van der Waals surface area contributed by atoms with E-state index in [9.17, 15) is 9.59 Å². The number of ketones is 1. The molecular formula is C13H20O3. The number of hydrogen-bond acceptors (Lipinski definition) is 3. The van der Waals surface area contributed by atoms with E-state index in [1.165, 1.54) is 7.11 Å². The second kappa shape index (κ2) is 6.46. The van der Waals surface area contributed by atoms with Gasteiger partial charge in [0.15, 0.2) is 0 Å². The van der Waals surface area contributed by atoms with Gasteiger partial charge in [0.2, 0.25) is 0 Å². The lowest BCUT2D eigenvalue weighted by molar-refractivity contribution is -0.142. The molecule has 2 atom stereocenters. The van der Waals surface area contributed by atoms with Gasteiger partial charge in [0.05, 0.1) is 7.11 Å². The molecule has 0 aromatic rings. The molecular weight excluding hydrogens is 204 g/mol. The Bertz CT molecular complexity index is 281. The van der Waals surface area contributed by atoms with Gasteiger partial charge in [0, 0.05) is 18.8 Å². The summed E-state index contributed by atoms with van der Waals surface area (Å²) in [7, 11) is 1.39. The van der Waals surface area contributed by atoms with Gasteiger partial charge in [-0.3, -0.25) is 9.59 Å². The molecule has 0 radical (unpaired) electrons. The van der Waals surface area contributed by atoms with Crippen LogP contribution in [0.15, 0.2) is 12.2 Å². The lowest BCUT2D eigenvalue weighted by Gasteiger charge is -2.15. The van der Waals surface area contributed by atoms with Gasteiger partial charge in [0.25, 0.3) is 0 Å². The molecule has 16 heavy (non-hydrogen) atoms. The van der Waals surface area contributed by atoms with Crippen LogP contribution in [0.25, 0.3) is 0 Å². The summed E-state index contributed by atoms with van der Waals surface area (Å²) in [6, 6.07) is 0. The molecule has 1 aliphatic carbocycles. The van der Waals surface area contributed by atoms with Gasteiger partial charge in [-0.1, -0.05) is 19.1 Å². The SMILES string of the molecule is CC/C=C\C[C@H]1C(=O)CCC1CC(=O)OC. The first kappa shape index (κ1) is 12.9. The number of methoxy groups -OCH3 is 1. The fourth-order valence-electron chi connectivity index (χ4n) is 2.25. The Labute approximate surface area is 96.9 Å². The number of allylic oxidation sites excluding steroid dienone is 2. The highest BCUT2D eigenvalue weighted by atomic mass is 16.5. The summed E-state index contributed by atoms with van der Waals surface area (Å²) >= 11 is 0. The molecule has 90 valence electrons. The Morgan fingerprint density at radius 2 is 2.25 bits per heavy atom. The van der Waals surface area contributed by atoms with Crippen LogP contribution >= 0.6 is 0 Å². The third kappa shape index (κ3) is 3.47. The van der Waals surface area contributed by atoms with Crippen molar-refractivity contribution in [2.75, 3.05) is 7.11 Å². The second-order valence-electron chi connectivity index (χ2n) is 4.27. The number of ether oxygens (including phenoxy) is 1.